The van der Waals surface area contributed by atoms with Crippen molar-refractivity contribution in [3.8, 4) is 0 Å². The summed E-state index contributed by atoms with van der Waals surface area (Å²) in [5, 5.41) is 20.0. The highest BCUT2D eigenvalue weighted by molar-refractivity contribution is 5.82. The van der Waals surface area contributed by atoms with Crippen molar-refractivity contribution in [3.63, 3.8) is 0 Å². The quantitative estimate of drug-likeness (QED) is 0.496. The molecule has 8 nitrogen and oxygen atoms in total. The van der Waals surface area contributed by atoms with E-state index >= 15 is 0 Å². The van der Waals surface area contributed by atoms with Crippen LogP contribution in [0.3, 0.4) is 0 Å². The number of urea groups is 1. The second kappa shape index (κ2) is 7.05. The number of nitrogens with zero attached hydrogens (tertiary/aromatic N) is 2. The smallest absolute Gasteiger partial charge is 0.326 e. The van der Waals surface area contributed by atoms with Crippen LogP contribution in [0.4, 0.5) is 4.79 Å². The second-order valence-corrected chi connectivity index (χ2v) is 3.50. The molecule has 1 atom stereocenters. The van der Waals surface area contributed by atoms with Crippen LogP contribution >= 0.6 is 0 Å². The normalized spacial score (nSPS) is 11.6. The van der Waals surface area contributed by atoms with E-state index in [1.54, 1.807) is 0 Å². The molecule has 0 spiro atoms. The Morgan fingerprint density at radius 3 is 2.94 bits per heavy atom. The number of carbonyl (C=O) groups excluding carboxylic acids is 1. The number of hydrogen-bond acceptors (Lipinski definition) is 4. The van der Waals surface area contributed by atoms with Gasteiger partial charge in [0.15, 0.2) is 0 Å². The molecular weight excluding hydrogens is 238 g/mol. The Balaban J connectivity index is 2.27. The van der Waals surface area contributed by atoms with Crippen LogP contribution in [0.5, 0.6) is 0 Å². The maximum atomic E-state index is 11.4. The van der Waals surface area contributed by atoms with Gasteiger partial charge in [0, 0.05) is 13.0 Å². The first kappa shape index (κ1) is 13.7. The first-order valence-corrected chi connectivity index (χ1v) is 5.35. The van der Waals surface area contributed by atoms with Crippen molar-refractivity contribution < 1.29 is 14.7 Å². The molecule has 0 bridgehead atoms. The van der Waals surface area contributed by atoms with E-state index in [1.165, 1.54) is 12.4 Å². The van der Waals surface area contributed by atoms with Gasteiger partial charge in [-0.15, -0.1) is 6.58 Å². The van der Waals surface area contributed by atoms with E-state index in [0.717, 1.165) is 0 Å². The lowest BCUT2D eigenvalue weighted by molar-refractivity contribution is -0.139. The number of rotatable bonds is 7. The number of carboxylic acid groups (broad SMARTS) is 1. The van der Waals surface area contributed by atoms with Gasteiger partial charge in [-0.1, -0.05) is 6.08 Å². The van der Waals surface area contributed by atoms with Gasteiger partial charge in [0.1, 0.15) is 18.2 Å². The highest BCUT2D eigenvalue weighted by Crippen LogP contribution is 1.93. The Morgan fingerprint density at radius 1 is 1.61 bits per heavy atom. The number of amides is 2. The Kier molecular flexibility index (Phi) is 5.36. The number of carbonyl (C=O) groups is 2. The molecule has 0 aliphatic heterocycles. The summed E-state index contributed by atoms with van der Waals surface area (Å²) < 4.78 is 0. The van der Waals surface area contributed by atoms with Gasteiger partial charge in [-0.2, -0.15) is 5.10 Å². The van der Waals surface area contributed by atoms with Gasteiger partial charge in [0.05, 0.1) is 0 Å². The summed E-state index contributed by atoms with van der Waals surface area (Å²) in [7, 11) is 0. The van der Waals surface area contributed by atoms with E-state index in [0.29, 0.717) is 18.8 Å². The van der Waals surface area contributed by atoms with Crippen LogP contribution in [0.25, 0.3) is 0 Å². The van der Waals surface area contributed by atoms with Gasteiger partial charge in [-0.25, -0.2) is 14.6 Å². The predicted octanol–water partition coefficient (Wildman–Crippen LogP) is -0.324. The summed E-state index contributed by atoms with van der Waals surface area (Å²) >= 11 is 0. The Labute approximate surface area is 103 Å². The molecule has 0 saturated heterocycles. The molecule has 1 rings (SSSR count). The van der Waals surface area contributed by atoms with E-state index < -0.39 is 18.0 Å². The number of aromatic amines is 1. The molecule has 0 saturated carbocycles. The largest absolute Gasteiger partial charge is 0.480 e. The van der Waals surface area contributed by atoms with Gasteiger partial charge in [-0.05, 0) is 6.42 Å². The lowest BCUT2D eigenvalue weighted by atomic mass is 10.2. The SMILES string of the molecule is C=CCC(NC(=O)NCCc1ncn[nH]1)C(=O)O. The van der Waals surface area contributed by atoms with Gasteiger partial charge in [-0.3, -0.25) is 5.10 Å². The minimum atomic E-state index is -1.10. The number of H-pyrrole nitrogens is 1. The van der Waals surface area contributed by atoms with Gasteiger partial charge in [0.25, 0.3) is 0 Å². The third kappa shape index (κ3) is 4.64. The maximum Gasteiger partial charge on any atom is 0.326 e. The van der Waals surface area contributed by atoms with E-state index in [4.69, 9.17) is 5.11 Å². The molecule has 1 unspecified atom stereocenters. The topological polar surface area (TPSA) is 120 Å². The zero-order chi connectivity index (χ0) is 13.4. The fraction of sp³-hybridized carbons (Fsp3) is 0.400. The van der Waals surface area contributed by atoms with Crippen LogP contribution < -0.4 is 10.6 Å². The lowest BCUT2D eigenvalue weighted by Gasteiger charge is -2.13. The van der Waals surface area contributed by atoms with Crippen molar-refractivity contribution in [1.82, 2.24) is 25.8 Å². The molecule has 4 N–H and O–H groups in total. The monoisotopic (exact) mass is 253 g/mol. The lowest BCUT2D eigenvalue weighted by Crippen LogP contribution is -2.46. The second-order valence-electron chi connectivity index (χ2n) is 3.50. The fourth-order valence-electron chi connectivity index (χ4n) is 1.24. The van der Waals surface area contributed by atoms with Crippen molar-refractivity contribution in [2.45, 2.75) is 18.9 Å². The molecule has 18 heavy (non-hydrogen) atoms. The number of aromatic nitrogens is 3. The minimum absolute atomic E-state index is 0.171. The van der Waals surface area contributed by atoms with Crippen molar-refractivity contribution in [3.05, 3.63) is 24.8 Å². The molecule has 1 heterocycles. The molecule has 0 fully saturated rings. The third-order valence-corrected chi connectivity index (χ3v) is 2.12. The minimum Gasteiger partial charge on any atom is -0.480 e. The summed E-state index contributed by atoms with van der Waals surface area (Å²) in [4.78, 5) is 26.1. The van der Waals surface area contributed by atoms with Crippen LogP contribution in [-0.4, -0.2) is 44.9 Å². The van der Waals surface area contributed by atoms with Crippen molar-refractivity contribution >= 4 is 12.0 Å². The Morgan fingerprint density at radius 2 is 2.39 bits per heavy atom. The third-order valence-electron chi connectivity index (χ3n) is 2.12. The zero-order valence-corrected chi connectivity index (χ0v) is 9.72. The van der Waals surface area contributed by atoms with Crippen LogP contribution in [0.1, 0.15) is 12.2 Å². The Bertz CT molecular complexity index is 404. The molecule has 0 aliphatic carbocycles. The van der Waals surface area contributed by atoms with E-state index in [2.05, 4.69) is 32.4 Å². The van der Waals surface area contributed by atoms with E-state index in [-0.39, 0.29) is 6.42 Å². The van der Waals surface area contributed by atoms with Gasteiger partial charge < -0.3 is 15.7 Å². The van der Waals surface area contributed by atoms with Crippen LogP contribution in [0.2, 0.25) is 0 Å². The average Bonchev–Trinajstić information content (AvgIpc) is 2.81. The first-order chi connectivity index (χ1) is 8.63. The fourth-order valence-corrected chi connectivity index (χ4v) is 1.24. The molecule has 0 aromatic carbocycles. The molecule has 1 aromatic rings. The van der Waals surface area contributed by atoms with Crippen molar-refractivity contribution in [1.29, 1.82) is 0 Å². The molecule has 1 aromatic heterocycles. The zero-order valence-electron chi connectivity index (χ0n) is 9.72. The average molecular weight is 253 g/mol. The number of hydrogen-bond donors (Lipinski definition) is 4. The number of nitrogens with one attached hydrogen (secondary N) is 3. The molecular formula is C10H15N5O3. The van der Waals surface area contributed by atoms with Crippen molar-refractivity contribution in [2.75, 3.05) is 6.54 Å². The molecule has 8 heteroatoms. The number of carboxylic acids is 1. The summed E-state index contributed by atoms with van der Waals surface area (Å²) in [6, 6.07) is -1.50. The maximum absolute atomic E-state index is 11.4. The van der Waals surface area contributed by atoms with Gasteiger partial charge in [0.2, 0.25) is 0 Å². The summed E-state index contributed by atoms with van der Waals surface area (Å²) in [5.74, 6) is -0.448. The predicted molar refractivity (Wildman–Crippen MR) is 62.9 cm³/mol. The van der Waals surface area contributed by atoms with Crippen LogP contribution in [-0.2, 0) is 11.2 Å². The molecule has 2 amide bonds. The van der Waals surface area contributed by atoms with E-state index in [1.807, 2.05) is 0 Å². The summed E-state index contributed by atoms with van der Waals surface area (Å²) in [6.45, 7) is 3.77. The molecule has 0 aliphatic rings. The molecule has 98 valence electrons. The highest BCUT2D eigenvalue weighted by Gasteiger charge is 2.17. The molecule has 0 radical (unpaired) electrons. The van der Waals surface area contributed by atoms with Gasteiger partial charge >= 0.3 is 12.0 Å². The summed E-state index contributed by atoms with van der Waals surface area (Å²) in [5.41, 5.74) is 0. The van der Waals surface area contributed by atoms with E-state index in [9.17, 15) is 9.59 Å². The highest BCUT2D eigenvalue weighted by atomic mass is 16.4. The first-order valence-electron chi connectivity index (χ1n) is 5.35. The van der Waals surface area contributed by atoms with Crippen molar-refractivity contribution in [2.24, 2.45) is 0 Å². The number of aliphatic carboxylic acids is 1. The Hall–Kier alpha value is -2.38. The van der Waals surface area contributed by atoms with Crippen LogP contribution in [0.15, 0.2) is 19.0 Å². The summed E-state index contributed by atoms with van der Waals surface area (Å²) in [6.07, 6.45) is 3.48. The van der Waals surface area contributed by atoms with Crippen LogP contribution in [0, 0.1) is 0 Å². The standard InChI is InChI=1S/C10H15N5O3/c1-2-3-7(9(16)17)14-10(18)11-5-4-8-12-6-13-15-8/h2,6-7H,1,3-5H2,(H,16,17)(H2,11,14,18)(H,12,13,15).